The Bertz CT molecular complexity index is 930. The van der Waals surface area contributed by atoms with Crippen molar-refractivity contribution in [1.82, 2.24) is 14.9 Å². The summed E-state index contributed by atoms with van der Waals surface area (Å²) in [6.45, 7) is 1.92. The Morgan fingerprint density at radius 3 is 2.62 bits per heavy atom. The molecule has 5 heteroatoms. The number of rotatable bonds is 8. The lowest BCUT2D eigenvalue weighted by atomic mass is 9.89. The molecule has 0 aliphatic heterocycles. The SMILES string of the molecule is O=C(NCCc1nc2ccccc2n1CCOc1ccccc1)C1CCCCC1. The highest BCUT2D eigenvalue weighted by Gasteiger charge is 2.20. The van der Waals surface area contributed by atoms with Gasteiger partial charge in [0.05, 0.1) is 17.6 Å². The molecular formula is C24H29N3O2. The van der Waals surface area contributed by atoms with Gasteiger partial charge in [-0.05, 0) is 37.1 Å². The van der Waals surface area contributed by atoms with Crippen LogP contribution in [-0.4, -0.2) is 28.6 Å². The van der Waals surface area contributed by atoms with E-state index < -0.39 is 0 Å². The first-order valence-electron chi connectivity index (χ1n) is 10.7. The number of hydrogen-bond donors (Lipinski definition) is 1. The summed E-state index contributed by atoms with van der Waals surface area (Å²) < 4.78 is 8.10. The molecule has 0 radical (unpaired) electrons. The largest absolute Gasteiger partial charge is 0.492 e. The maximum Gasteiger partial charge on any atom is 0.223 e. The highest BCUT2D eigenvalue weighted by atomic mass is 16.5. The van der Waals surface area contributed by atoms with E-state index in [1.165, 1.54) is 19.3 Å². The molecule has 1 aliphatic carbocycles. The molecule has 0 bridgehead atoms. The van der Waals surface area contributed by atoms with Gasteiger partial charge in [0.2, 0.25) is 5.91 Å². The molecular weight excluding hydrogens is 362 g/mol. The second-order valence-electron chi connectivity index (χ2n) is 7.71. The second-order valence-corrected chi connectivity index (χ2v) is 7.71. The van der Waals surface area contributed by atoms with E-state index in [2.05, 4.69) is 16.0 Å². The van der Waals surface area contributed by atoms with Gasteiger partial charge in [-0.1, -0.05) is 49.6 Å². The Kier molecular flexibility index (Phi) is 6.45. The van der Waals surface area contributed by atoms with E-state index in [1.807, 2.05) is 48.5 Å². The quantitative estimate of drug-likeness (QED) is 0.621. The number of para-hydroxylation sites is 3. The van der Waals surface area contributed by atoms with Gasteiger partial charge in [0, 0.05) is 18.9 Å². The van der Waals surface area contributed by atoms with Gasteiger partial charge in [0.15, 0.2) is 0 Å². The molecule has 5 nitrogen and oxygen atoms in total. The molecule has 1 aromatic heterocycles. The molecule has 1 amide bonds. The fourth-order valence-electron chi connectivity index (χ4n) is 4.14. The van der Waals surface area contributed by atoms with Crippen LogP contribution < -0.4 is 10.1 Å². The van der Waals surface area contributed by atoms with E-state index in [-0.39, 0.29) is 11.8 Å². The van der Waals surface area contributed by atoms with Gasteiger partial charge in [-0.25, -0.2) is 4.98 Å². The summed E-state index contributed by atoms with van der Waals surface area (Å²) in [5, 5.41) is 3.13. The van der Waals surface area contributed by atoms with E-state index in [1.54, 1.807) is 0 Å². The molecule has 0 spiro atoms. The van der Waals surface area contributed by atoms with Crippen LogP contribution in [-0.2, 0) is 17.8 Å². The number of ether oxygens (including phenoxy) is 1. The third kappa shape index (κ3) is 4.97. The van der Waals surface area contributed by atoms with Gasteiger partial charge >= 0.3 is 0 Å². The van der Waals surface area contributed by atoms with Gasteiger partial charge in [-0.15, -0.1) is 0 Å². The zero-order valence-electron chi connectivity index (χ0n) is 16.8. The lowest BCUT2D eigenvalue weighted by Gasteiger charge is -2.20. The van der Waals surface area contributed by atoms with Gasteiger partial charge < -0.3 is 14.6 Å². The van der Waals surface area contributed by atoms with E-state index in [9.17, 15) is 4.79 Å². The van der Waals surface area contributed by atoms with Crippen molar-refractivity contribution in [2.24, 2.45) is 5.92 Å². The maximum atomic E-state index is 12.4. The van der Waals surface area contributed by atoms with E-state index in [0.29, 0.717) is 13.2 Å². The van der Waals surface area contributed by atoms with Gasteiger partial charge in [0.1, 0.15) is 18.2 Å². The number of imidazole rings is 1. The highest BCUT2D eigenvalue weighted by Crippen LogP contribution is 2.23. The van der Waals surface area contributed by atoms with Crippen LogP contribution in [0, 0.1) is 5.92 Å². The average molecular weight is 392 g/mol. The normalized spacial score (nSPS) is 14.8. The van der Waals surface area contributed by atoms with Crippen LogP contribution in [0.25, 0.3) is 11.0 Å². The van der Waals surface area contributed by atoms with Crippen LogP contribution in [0.5, 0.6) is 5.75 Å². The molecule has 0 unspecified atom stereocenters. The summed E-state index contributed by atoms with van der Waals surface area (Å²) in [5.41, 5.74) is 2.10. The Hall–Kier alpha value is -2.82. The van der Waals surface area contributed by atoms with E-state index >= 15 is 0 Å². The minimum atomic E-state index is 0.196. The van der Waals surface area contributed by atoms with Crippen LogP contribution in [0.15, 0.2) is 54.6 Å². The molecule has 29 heavy (non-hydrogen) atoms. The highest BCUT2D eigenvalue weighted by molar-refractivity contribution is 5.78. The van der Waals surface area contributed by atoms with Crippen molar-refractivity contribution in [1.29, 1.82) is 0 Å². The van der Waals surface area contributed by atoms with Gasteiger partial charge in [-0.3, -0.25) is 4.79 Å². The van der Waals surface area contributed by atoms with E-state index in [4.69, 9.17) is 9.72 Å². The number of benzene rings is 2. The summed E-state index contributed by atoms with van der Waals surface area (Å²) in [5.74, 6) is 2.27. The van der Waals surface area contributed by atoms with Crippen molar-refractivity contribution in [3.05, 3.63) is 60.4 Å². The monoisotopic (exact) mass is 391 g/mol. The molecule has 0 saturated heterocycles. The standard InChI is InChI=1S/C24H29N3O2/c28-24(19-9-3-1-4-10-19)25-16-15-23-26-21-13-7-8-14-22(21)27(23)17-18-29-20-11-5-2-6-12-20/h2,5-8,11-14,19H,1,3-4,9-10,15-18H2,(H,25,28). The molecule has 1 heterocycles. The zero-order valence-corrected chi connectivity index (χ0v) is 16.8. The first-order valence-corrected chi connectivity index (χ1v) is 10.7. The first-order chi connectivity index (χ1) is 14.3. The average Bonchev–Trinajstić information content (AvgIpc) is 3.12. The summed E-state index contributed by atoms with van der Waals surface area (Å²) in [7, 11) is 0. The number of hydrogen-bond acceptors (Lipinski definition) is 3. The fourth-order valence-corrected chi connectivity index (χ4v) is 4.14. The van der Waals surface area contributed by atoms with Crippen molar-refractivity contribution in [3.63, 3.8) is 0 Å². The molecule has 152 valence electrons. The van der Waals surface area contributed by atoms with Crippen LogP contribution in [0.2, 0.25) is 0 Å². The number of nitrogens with zero attached hydrogens (tertiary/aromatic N) is 2. The van der Waals surface area contributed by atoms with Crippen molar-refractivity contribution < 1.29 is 9.53 Å². The molecule has 3 aromatic rings. The zero-order chi connectivity index (χ0) is 19.9. The Morgan fingerprint density at radius 1 is 1.03 bits per heavy atom. The fraction of sp³-hybridized carbons (Fsp3) is 0.417. The minimum Gasteiger partial charge on any atom is -0.492 e. The number of fused-ring (bicyclic) bond motifs is 1. The molecule has 1 N–H and O–H groups in total. The predicted molar refractivity (Wildman–Crippen MR) is 115 cm³/mol. The number of carbonyl (C=O) groups excluding carboxylic acids is 1. The van der Waals surface area contributed by atoms with Crippen LogP contribution in [0.1, 0.15) is 37.9 Å². The molecule has 0 atom stereocenters. The maximum absolute atomic E-state index is 12.4. The van der Waals surface area contributed by atoms with Crippen LogP contribution in [0.3, 0.4) is 0 Å². The van der Waals surface area contributed by atoms with Gasteiger partial charge in [0.25, 0.3) is 0 Å². The molecule has 4 rings (SSSR count). The Morgan fingerprint density at radius 2 is 1.79 bits per heavy atom. The van der Waals surface area contributed by atoms with Gasteiger partial charge in [-0.2, -0.15) is 0 Å². The van der Waals surface area contributed by atoms with Crippen LogP contribution in [0.4, 0.5) is 0 Å². The van der Waals surface area contributed by atoms with Crippen LogP contribution >= 0.6 is 0 Å². The van der Waals surface area contributed by atoms with Crippen molar-refractivity contribution in [2.45, 2.75) is 45.1 Å². The summed E-state index contributed by atoms with van der Waals surface area (Å²) in [6.07, 6.45) is 6.39. The Balaban J connectivity index is 1.38. The third-order valence-corrected chi connectivity index (χ3v) is 5.68. The molecule has 1 aliphatic rings. The lowest BCUT2D eigenvalue weighted by molar-refractivity contribution is -0.125. The first kappa shape index (κ1) is 19.5. The molecule has 1 fully saturated rings. The number of aromatic nitrogens is 2. The second kappa shape index (κ2) is 9.59. The number of amides is 1. The topological polar surface area (TPSA) is 56.2 Å². The molecule has 2 aromatic carbocycles. The summed E-state index contributed by atoms with van der Waals surface area (Å²) >= 11 is 0. The number of nitrogens with one attached hydrogen (secondary N) is 1. The van der Waals surface area contributed by atoms with Crippen molar-refractivity contribution in [3.8, 4) is 5.75 Å². The minimum absolute atomic E-state index is 0.196. The lowest BCUT2D eigenvalue weighted by Crippen LogP contribution is -2.33. The van der Waals surface area contributed by atoms with Crippen molar-refractivity contribution >= 4 is 16.9 Å². The third-order valence-electron chi connectivity index (χ3n) is 5.68. The summed E-state index contributed by atoms with van der Waals surface area (Å²) in [6, 6.07) is 18.0. The predicted octanol–water partition coefficient (Wildman–Crippen LogP) is 4.35. The summed E-state index contributed by atoms with van der Waals surface area (Å²) in [4.78, 5) is 17.2. The smallest absolute Gasteiger partial charge is 0.223 e. The number of carbonyl (C=O) groups is 1. The molecule has 1 saturated carbocycles. The Labute approximate surface area is 172 Å². The van der Waals surface area contributed by atoms with Crippen molar-refractivity contribution in [2.75, 3.05) is 13.2 Å². The van der Waals surface area contributed by atoms with E-state index in [0.717, 1.165) is 48.4 Å².